The number of carbonyl (C=O) groups is 3. The molecule has 1 saturated carbocycles. The Morgan fingerprint density at radius 1 is 1.23 bits per heavy atom. The normalized spacial score (nSPS) is 27.9. The summed E-state index contributed by atoms with van der Waals surface area (Å²) in [5, 5.41) is 11.1. The fraction of sp³-hybridized carbons (Fsp3) is 0.438. The highest BCUT2D eigenvalue weighted by atomic mass is 35.5. The topological polar surface area (TPSA) is 77.5 Å². The molecule has 1 heterocycles. The molecule has 116 valence electrons. The summed E-state index contributed by atoms with van der Waals surface area (Å²) in [4.78, 5) is 37.3. The van der Waals surface area contributed by atoms with Crippen molar-refractivity contribution in [2.75, 3.05) is 4.90 Å². The smallest absolute Gasteiger partial charge is 0.237 e. The number of amides is 2. The first kappa shape index (κ1) is 15.0. The van der Waals surface area contributed by atoms with Crippen molar-refractivity contribution < 1.29 is 19.5 Å². The van der Waals surface area contributed by atoms with E-state index in [2.05, 4.69) is 6.92 Å². The first-order valence-corrected chi connectivity index (χ1v) is 7.66. The molecule has 6 heteroatoms. The number of carbonyl (C=O) groups excluding carboxylic acids is 3. The zero-order chi connectivity index (χ0) is 16.0. The minimum absolute atomic E-state index is 0.0221. The molecular formula is C16H15ClNO4-. The van der Waals surface area contributed by atoms with Crippen molar-refractivity contribution in [2.24, 2.45) is 17.8 Å². The van der Waals surface area contributed by atoms with Crippen molar-refractivity contribution in [2.45, 2.75) is 26.2 Å². The van der Waals surface area contributed by atoms with Gasteiger partial charge in [0.05, 0.1) is 23.5 Å². The Hall–Kier alpha value is -1.88. The molecule has 1 aliphatic carbocycles. The van der Waals surface area contributed by atoms with Crippen LogP contribution in [-0.4, -0.2) is 17.8 Å². The molecule has 2 fully saturated rings. The van der Waals surface area contributed by atoms with E-state index in [-0.39, 0.29) is 39.9 Å². The average molecular weight is 321 g/mol. The Bertz CT molecular complexity index is 672. The molecule has 1 aliphatic heterocycles. The number of imide groups is 1. The van der Waals surface area contributed by atoms with Gasteiger partial charge in [0, 0.05) is 10.6 Å². The maximum absolute atomic E-state index is 12.6. The molecule has 1 aromatic carbocycles. The second-order valence-corrected chi connectivity index (χ2v) is 6.50. The number of aromatic carboxylic acids is 1. The van der Waals surface area contributed by atoms with E-state index in [0.717, 1.165) is 11.3 Å². The van der Waals surface area contributed by atoms with Crippen LogP contribution in [0.15, 0.2) is 18.2 Å². The lowest BCUT2D eigenvalue weighted by Gasteiger charge is -2.25. The van der Waals surface area contributed by atoms with Gasteiger partial charge in [-0.15, -0.1) is 0 Å². The third-order valence-electron chi connectivity index (χ3n) is 4.62. The minimum Gasteiger partial charge on any atom is -0.545 e. The summed E-state index contributed by atoms with van der Waals surface area (Å²) in [6, 6.07) is 4.09. The quantitative estimate of drug-likeness (QED) is 0.776. The van der Waals surface area contributed by atoms with E-state index < -0.39 is 5.97 Å². The molecule has 0 unspecified atom stereocenters. The fourth-order valence-corrected chi connectivity index (χ4v) is 3.65. The van der Waals surface area contributed by atoms with E-state index in [4.69, 9.17) is 11.6 Å². The van der Waals surface area contributed by atoms with E-state index in [1.807, 2.05) is 0 Å². The van der Waals surface area contributed by atoms with Crippen molar-refractivity contribution in [1.82, 2.24) is 0 Å². The molecular weight excluding hydrogens is 306 g/mol. The largest absolute Gasteiger partial charge is 0.545 e. The summed E-state index contributed by atoms with van der Waals surface area (Å²) in [5.41, 5.74) is 0.0312. The monoisotopic (exact) mass is 320 g/mol. The number of hydrogen-bond donors (Lipinski definition) is 0. The van der Waals surface area contributed by atoms with Gasteiger partial charge in [-0.05, 0) is 43.4 Å². The standard InChI is InChI=1S/C16H16ClNO4/c1-8-2-4-10-11(6-8)15(20)18(14(10)19)9-3-5-13(17)12(7-9)16(21)22/h3,5,7-8,10-11H,2,4,6H2,1H3,(H,21,22)/p-1/t8-,10+,11-/m1/s1. The molecule has 0 radical (unpaired) electrons. The van der Waals surface area contributed by atoms with Crippen LogP contribution in [0.3, 0.4) is 0 Å². The van der Waals surface area contributed by atoms with Crippen LogP contribution in [0.5, 0.6) is 0 Å². The van der Waals surface area contributed by atoms with Gasteiger partial charge in [-0.2, -0.15) is 0 Å². The van der Waals surface area contributed by atoms with Crippen LogP contribution >= 0.6 is 11.6 Å². The number of halogens is 1. The van der Waals surface area contributed by atoms with Crippen molar-refractivity contribution in [3.8, 4) is 0 Å². The molecule has 5 nitrogen and oxygen atoms in total. The highest BCUT2D eigenvalue weighted by molar-refractivity contribution is 6.33. The summed E-state index contributed by atoms with van der Waals surface area (Å²) in [5.74, 6) is -2.08. The van der Waals surface area contributed by atoms with Gasteiger partial charge in [0.15, 0.2) is 0 Å². The SMILES string of the molecule is C[C@@H]1CC[C@@H]2C(=O)N(c3ccc(Cl)c(C(=O)[O-])c3)C(=O)[C@@H]2C1. The van der Waals surface area contributed by atoms with E-state index in [9.17, 15) is 19.5 Å². The molecule has 1 saturated heterocycles. The maximum Gasteiger partial charge on any atom is 0.237 e. The second kappa shape index (κ2) is 5.39. The minimum atomic E-state index is -1.43. The molecule has 2 amide bonds. The molecule has 3 rings (SSSR count). The summed E-state index contributed by atoms with van der Waals surface area (Å²) in [7, 11) is 0. The van der Waals surface area contributed by atoms with Gasteiger partial charge in [-0.3, -0.25) is 14.5 Å². The van der Waals surface area contributed by atoms with Gasteiger partial charge >= 0.3 is 0 Å². The van der Waals surface area contributed by atoms with Crippen LogP contribution in [0.1, 0.15) is 36.5 Å². The molecule has 0 aromatic heterocycles. The predicted octanol–water partition coefficient (Wildman–Crippen LogP) is 1.63. The van der Waals surface area contributed by atoms with Crippen LogP contribution in [0.2, 0.25) is 5.02 Å². The Morgan fingerprint density at radius 3 is 2.59 bits per heavy atom. The van der Waals surface area contributed by atoms with Crippen molar-refractivity contribution >= 4 is 35.1 Å². The van der Waals surface area contributed by atoms with Crippen molar-refractivity contribution in [3.63, 3.8) is 0 Å². The van der Waals surface area contributed by atoms with Crippen LogP contribution < -0.4 is 10.0 Å². The van der Waals surface area contributed by atoms with Gasteiger partial charge < -0.3 is 9.90 Å². The van der Waals surface area contributed by atoms with Gasteiger partial charge in [-0.25, -0.2) is 0 Å². The number of carboxylic acid groups (broad SMARTS) is 1. The Kier molecular flexibility index (Phi) is 3.68. The van der Waals surface area contributed by atoms with E-state index in [0.29, 0.717) is 18.8 Å². The highest BCUT2D eigenvalue weighted by Gasteiger charge is 2.49. The lowest BCUT2D eigenvalue weighted by molar-refractivity contribution is -0.255. The average Bonchev–Trinajstić information content (AvgIpc) is 2.71. The van der Waals surface area contributed by atoms with Gasteiger partial charge in [0.1, 0.15) is 0 Å². The van der Waals surface area contributed by atoms with E-state index in [1.54, 1.807) is 0 Å². The molecule has 1 aromatic rings. The Morgan fingerprint density at radius 2 is 1.91 bits per heavy atom. The first-order valence-electron chi connectivity index (χ1n) is 7.29. The van der Waals surface area contributed by atoms with Gasteiger partial charge in [-0.1, -0.05) is 18.5 Å². The van der Waals surface area contributed by atoms with Crippen LogP contribution in [-0.2, 0) is 9.59 Å². The summed E-state index contributed by atoms with van der Waals surface area (Å²) in [6.07, 6.45) is 2.33. The number of carboxylic acids is 1. The molecule has 0 N–H and O–H groups in total. The molecule has 22 heavy (non-hydrogen) atoms. The van der Waals surface area contributed by atoms with Gasteiger partial charge in [0.25, 0.3) is 0 Å². The van der Waals surface area contributed by atoms with Crippen LogP contribution in [0.25, 0.3) is 0 Å². The Balaban J connectivity index is 1.98. The number of benzene rings is 1. The zero-order valence-electron chi connectivity index (χ0n) is 12.0. The van der Waals surface area contributed by atoms with E-state index in [1.165, 1.54) is 18.2 Å². The first-order chi connectivity index (χ1) is 10.4. The number of rotatable bonds is 2. The Labute approximate surface area is 132 Å². The predicted molar refractivity (Wildman–Crippen MR) is 78.3 cm³/mol. The third kappa shape index (κ3) is 2.29. The highest BCUT2D eigenvalue weighted by Crippen LogP contribution is 2.42. The van der Waals surface area contributed by atoms with Crippen LogP contribution in [0, 0.1) is 17.8 Å². The zero-order valence-corrected chi connectivity index (χ0v) is 12.8. The number of fused-ring (bicyclic) bond motifs is 1. The lowest BCUT2D eigenvalue weighted by Crippen LogP contribution is -2.31. The molecule has 0 bridgehead atoms. The summed E-state index contributed by atoms with van der Waals surface area (Å²) in [6.45, 7) is 2.08. The number of nitrogens with zero attached hydrogens (tertiary/aromatic N) is 1. The van der Waals surface area contributed by atoms with Crippen LogP contribution in [0.4, 0.5) is 5.69 Å². The third-order valence-corrected chi connectivity index (χ3v) is 4.95. The fourth-order valence-electron chi connectivity index (χ4n) is 3.45. The number of anilines is 1. The lowest BCUT2D eigenvalue weighted by atomic mass is 9.76. The van der Waals surface area contributed by atoms with Crippen molar-refractivity contribution in [1.29, 1.82) is 0 Å². The summed E-state index contributed by atoms with van der Waals surface area (Å²) >= 11 is 5.80. The van der Waals surface area contributed by atoms with Gasteiger partial charge in [0.2, 0.25) is 11.8 Å². The van der Waals surface area contributed by atoms with E-state index >= 15 is 0 Å². The number of hydrogen-bond acceptors (Lipinski definition) is 4. The maximum atomic E-state index is 12.6. The van der Waals surface area contributed by atoms with Crippen molar-refractivity contribution in [3.05, 3.63) is 28.8 Å². The molecule has 3 atom stereocenters. The summed E-state index contributed by atoms with van der Waals surface area (Å²) < 4.78 is 0. The molecule has 0 spiro atoms. The second-order valence-electron chi connectivity index (χ2n) is 6.09. The molecule has 2 aliphatic rings.